The lowest BCUT2D eigenvalue weighted by molar-refractivity contribution is 0.0923. The Labute approximate surface area is 105 Å². The Morgan fingerprint density at radius 1 is 1.38 bits per heavy atom. The second-order valence-electron chi connectivity index (χ2n) is 3.07. The zero-order valence-corrected chi connectivity index (χ0v) is 10.2. The Morgan fingerprint density at radius 2 is 2.19 bits per heavy atom. The van der Waals surface area contributed by atoms with Gasteiger partial charge in [-0.1, -0.05) is 17.7 Å². The van der Waals surface area contributed by atoms with Crippen LogP contribution >= 0.6 is 23.2 Å². The van der Waals surface area contributed by atoms with Crippen LogP contribution in [-0.2, 0) is 4.74 Å². The molecule has 1 N–H and O–H groups in total. The van der Waals surface area contributed by atoms with Crippen LogP contribution in [0.25, 0.3) is 0 Å². The van der Waals surface area contributed by atoms with Gasteiger partial charge in [0, 0.05) is 23.0 Å². The molecule has 0 radical (unpaired) electrons. The summed E-state index contributed by atoms with van der Waals surface area (Å²) < 4.78 is 5.12. The maximum Gasteiger partial charge on any atom is 0.251 e. The summed E-state index contributed by atoms with van der Waals surface area (Å²) in [5.74, 6) is 0.305. The molecule has 0 saturated heterocycles. The first-order chi connectivity index (χ1) is 7.74. The lowest BCUT2D eigenvalue weighted by atomic mass is 10.2. The molecule has 3 nitrogen and oxygen atoms in total. The number of halogens is 2. The quantitative estimate of drug-likeness (QED) is 0.631. The number of nitrogens with one attached hydrogen (secondary N) is 1. The molecule has 1 aromatic rings. The smallest absolute Gasteiger partial charge is 0.251 e. The Morgan fingerprint density at radius 3 is 2.88 bits per heavy atom. The van der Waals surface area contributed by atoms with E-state index in [-0.39, 0.29) is 5.91 Å². The van der Waals surface area contributed by atoms with E-state index in [1.807, 2.05) is 0 Å². The molecule has 0 bridgehead atoms. The second kappa shape index (κ2) is 7.49. The number of ether oxygens (including phenoxy) is 1. The van der Waals surface area contributed by atoms with Crippen molar-refractivity contribution in [3.63, 3.8) is 0 Å². The SMILES string of the molecule is O=C(NCCOCCCl)c1cccc(Cl)c1. The van der Waals surface area contributed by atoms with Crippen molar-refractivity contribution < 1.29 is 9.53 Å². The van der Waals surface area contributed by atoms with E-state index in [2.05, 4.69) is 5.32 Å². The molecule has 0 heterocycles. The van der Waals surface area contributed by atoms with Crippen molar-refractivity contribution in [1.82, 2.24) is 5.32 Å². The van der Waals surface area contributed by atoms with E-state index in [1.165, 1.54) is 0 Å². The van der Waals surface area contributed by atoms with E-state index in [9.17, 15) is 4.79 Å². The molecule has 1 rings (SSSR count). The van der Waals surface area contributed by atoms with Crippen LogP contribution in [0.5, 0.6) is 0 Å². The summed E-state index contributed by atoms with van der Waals surface area (Å²) in [6.07, 6.45) is 0. The molecule has 0 fully saturated rings. The van der Waals surface area contributed by atoms with E-state index < -0.39 is 0 Å². The third-order valence-corrected chi connectivity index (χ3v) is 2.23. The van der Waals surface area contributed by atoms with Crippen molar-refractivity contribution >= 4 is 29.1 Å². The van der Waals surface area contributed by atoms with Gasteiger partial charge < -0.3 is 10.1 Å². The predicted octanol–water partition coefficient (Wildman–Crippen LogP) is 2.33. The zero-order chi connectivity index (χ0) is 11.8. The van der Waals surface area contributed by atoms with Gasteiger partial charge in [-0.3, -0.25) is 4.79 Å². The van der Waals surface area contributed by atoms with E-state index in [0.717, 1.165) is 0 Å². The van der Waals surface area contributed by atoms with Crippen molar-refractivity contribution in [3.05, 3.63) is 34.9 Å². The number of rotatable bonds is 6. The molecule has 88 valence electrons. The number of hydrogen-bond donors (Lipinski definition) is 1. The summed E-state index contributed by atoms with van der Waals surface area (Å²) in [6.45, 7) is 1.41. The van der Waals surface area contributed by atoms with Crippen molar-refractivity contribution in [2.24, 2.45) is 0 Å². The van der Waals surface area contributed by atoms with E-state index in [1.54, 1.807) is 24.3 Å². The minimum atomic E-state index is -0.156. The molecule has 0 aliphatic carbocycles. The Balaban J connectivity index is 2.30. The van der Waals surface area contributed by atoms with Crippen LogP contribution in [0.1, 0.15) is 10.4 Å². The van der Waals surface area contributed by atoms with Crippen molar-refractivity contribution in [1.29, 1.82) is 0 Å². The lowest BCUT2D eigenvalue weighted by Gasteiger charge is -2.05. The van der Waals surface area contributed by atoms with Gasteiger partial charge in [-0.2, -0.15) is 0 Å². The normalized spacial score (nSPS) is 10.1. The van der Waals surface area contributed by atoms with Crippen LogP contribution in [0, 0.1) is 0 Å². The van der Waals surface area contributed by atoms with Crippen molar-refractivity contribution in [2.75, 3.05) is 25.6 Å². The highest BCUT2D eigenvalue weighted by Crippen LogP contribution is 2.10. The highest BCUT2D eigenvalue weighted by molar-refractivity contribution is 6.30. The number of carbonyl (C=O) groups excluding carboxylic acids is 1. The number of benzene rings is 1. The summed E-state index contributed by atoms with van der Waals surface area (Å²) in [7, 11) is 0. The van der Waals surface area contributed by atoms with Crippen LogP contribution in [-0.4, -0.2) is 31.5 Å². The number of amides is 1. The molecule has 0 atom stereocenters. The summed E-state index contributed by atoms with van der Waals surface area (Å²) in [5, 5.41) is 3.27. The maximum atomic E-state index is 11.6. The predicted molar refractivity (Wildman–Crippen MR) is 65.3 cm³/mol. The summed E-state index contributed by atoms with van der Waals surface area (Å²) in [6, 6.07) is 6.79. The molecule has 0 saturated carbocycles. The highest BCUT2D eigenvalue weighted by Gasteiger charge is 2.04. The Hall–Kier alpha value is -0.770. The van der Waals surface area contributed by atoms with Crippen molar-refractivity contribution in [3.8, 4) is 0 Å². The average Bonchev–Trinajstić information content (AvgIpc) is 2.28. The van der Waals surface area contributed by atoms with Crippen molar-refractivity contribution in [2.45, 2.75) is 0 Å². The van der Waals surface area contributed by atoms with Gasteiger partial charge >= 0.3 is 0 Å². The summed E-state index contributed by atoms with van der Waals surface area (Å²) in [5.41, 5.74) is 0.546. The van der Waals surface area contributed by atoms with Gasteiger partial charge in [-0.05, 0) is 18.2 Å². The maximum absolute atomic E-state index is 11.6. The Kier molecular flexibility index (Phi) is 6.23. The van der Waals surface area contributed by atoms with Crippen LogP contribution in [0.4, 0.5) is 0 Å². The van der Waals surface area contributed by atoms with Crippen LogP contribution < -0.4 is 5.32 Å². The van der Waals surface area contributed by atoms with Crippen LogP contribution in [0.15, 0.2) is 24.3 Å². The monoisotopic (exact) mass is 261 g/mol. The van der Waals surface area contributed by atoms with Gasteiger partial charge in [0.15, 0.2) is 0 Å². The average molecular weight is 262 g/mol. The Bertz CT molecular complexity index is 345. The first-order valence-corrected chi connectivity index (χ1v) is 5.83. The highest BCUT2D eigenvalue weighted by atomic mass is 35.5. The topological polar surface area (TPSA) is 38.3 Å². The molecule has 0 aliphatic heterocycles. The standard InChI is InChI=1S/C11H13Cl2NO2/c12-4-6-16-7-5-14-11(15)9-2-1-3-10(13)8-9/h1-3,8H,4-7H2,(H,14,15). The lowest BCUT2D eigenvalue weighted by Crippen LogP contribution is -2.27. The van der Waals surface area contributed by atoms with Gasteiger partial charge in [0.1, 0.15) is 0 Å². The first-order valence-electron chi connectivity index (χ1n) is 4.91. The van der Waals surface area contributed by atoms with E-state index >= 15 is 0 Å². The molecule has 1 amide bonds. The minimum Gasteiger partial charge on any atom is -0.378 e. The van der Waals surface area contributed by atoms with Gasteiger partial charge in [0.2, 0.25) is 0 Å². The fourth-order valence-electron chi connectivity index (χ4n) is 1.13. The van der Waals surface area contributed by atoms with Crippen LogP contribution in [0.3, 0.4) is 0 Å². The van der Waals surface area contributed by atoms with E-state index in [4.69, 9.17) is 27.9 Å². The molecule has 0 unspecified atom stereocenters. The minimum absolute atomic E-state index is 0.156. The number of hydrogen-bond acceptors (Lipinski definition) is 2. The van der Waals surface area contributed by atoms with Gasteiger partial charge in [0.05, 0.1) is 13.2 Å². The third-order valence-electron chi connectivity index (χ3n) is 1.84. The fourth-order valence-corrected chi connectivity index (χ4v) is 1.42. The summed E-state index contributed by atoms with van der Waals surface area (Å²) >= 11 is 11.2. The molecule has 0 spiro atoms. The number of alkyl halides is 1. The molecule has 1 aromatic carbocycles. The molecular weight excluding hydrogens is 249 g/mol. The second-order valence-corrected chi connectivity index (χ2v) is 3.88. The van der Waals surface area contributed by atoms with Gasteiger partial charge in [-0.15, -0.1) is 11.6 Å². The third kappa shape index (κ3) is 4.84. The fraction of sp³-hybridized carbons (Fsp3) is 0.364. The van der Waals surface area contributed by atoms with Gasteiger partial charge in [-0.25, -0.2) is 0 Å². The molecule has 0 aromatic heterocycles. The molecular formula is C11H13Cl2NO2. The molecule has 5 heteroatoms. The zero-order valence-electron chi connectivity index (χ0n) is 8.71. The molecule has 0 aliphatic rings. The van der Waals surface area contributed by atoms with Gasteiger partial charge in [0.25, 0.3) is 5.91 Å². The molecule has 16 heavy (non-hydrogen) atoms. The first kappa shape index (κ1) is 13.3. The van der Waals surface area contributed by atoms with Crippen LogP contribution in [0.2, 0.25) is 5.02 Å². The largest absolute Gasteiger partial charge is 0.378 e. The number of carbonyl (C=O) groups is 1. The summed E-state index contributed by atoms with van der Waals surface area (Å²) in [4.78, 5) is 11.6. The van der Waals surface area contributed by atoms with E-state index in [0.29, 0.717) is 36.2 Å².